The van der Waals surface area contributed by atoms with E-state index in [1.54, 1.807) is 24.6 Å². The number of H-pyrrole nitrogens is 1. The first kappa shape index (κ1) is 21.6. The number of hydrogen-bond donors (Lipinski definition) is 2. The number of aliphatic hydroxyl groups is 1. The summed E-state index contributed by atoms with van der Waals surface area (Å²) in [6.45, 7) is 12.0. The highest BCUT2D eigenvalue weighted by Crippen LogP contribution is 2.41. The molecule has 4 aromatic heterocycles. The van der Waals surface area contributed by atoms with Crippen molar-refractivity contribution in [2.24, 2.45) is 0 Å². The average molecular weight is 456 g/mol. The number of aromatic amines is 1. The van der Waals surface area contributed by atoms with Crippen LogP contribution in [0.4, 0.5) is 4.39 Å². The molecule has 6 nitrogen and oxygen atoms in total. The van der Waals surface area contributed by atoms with E-state index in [4.69, 9.17) is 0 Å². The van der Waals surface area contributed by atoms with Crippen LogP contribution in [0.15, 0.2) is 18.6 Å². The van der Waals surface area contributed by atoms with Crippen molar-refractivity contribution in [3.8, 4) is 11.3 Å². The molecule has 32 heavy (non-hydrogen) atoms. The van der Waals surface area contributed by atoms with Crippen LogP contribution in [0, 0.1) is 13.8 Å². The lowest BCUT2D eigenvalue weighted by Gasteiger charge is -2.38. The number of halogens is 1. The first-order valence-corrected chi connectivity index (χ1v) is 12.0. The molecule has 0 saturated carbocycles. The van der Waals surface area contributed by atoms with Gasteiger partial charge in [-0.15, -0.1) is 11.3 Å². The minimum absolute atomic E-state index is 0.275. The van der Waals surface area contributed by atoms with Crippen molar-refractivity contribution >= 4 is 27.2 Å². The van der Waals surface area contributed by atoms with E-state index in [0.717, 1.165) is 28.0 Å². The van der Waals surface area contributed by atoms with Crippen molar-refractivity contribution in [3.63, 3.8) is 0 Å². The van der Waals surface area contributed by atoms with E-state index < -0.39 is 11.8 Å². The summed E-state index contributed by atoms with van der Waals surface area (Å²) in [5.41, 5.74) is 6.74. The maximum atomic E-state index is 14.3. The Hall–Kier alpha value is -2.29. The molecule has 0 unspecified atom stereocenters. The Morgan fingerprint density at radius 2 is 2.12 bits per heavy atom. The number of thiophene rings is 1. The molecule has 2 atom stereocenters. The zero-order valence-electron chi connectivity index (χ0n) is 19.2. The van der Waals surface area contributed by atoms with Crippen LogP contribution in [0.3, 0.4) is 0 Å². The van der Waals surface area contributed by atoms with Crippen LogP contribution in [0.1, 0.15) is 54.7 Å². The number of aryl methyl sites for hydroxylation is 1. The Morgan fingerprint density at radius 1 is 1.34 bits per heavy atom. The first-order chi connectivity index (χ1) is 15.2. The molecule has 2 N–H and O–H groups in total. The van der Waals surface area contributed by atoms with E-state index in [-0.39, 0.29) is 6.54 Å². The van der Waals surface area contributed by atoms with Gasteiger partial charge in [0, 0.05) is 36.3 Å². The van der Waals surface area contributed by atoms with Gasteiger partial charge in [0.15, 0.2) is 5.65 Å². The summed E-state index contributed by atoms with van der Waals surface area (Å²) < 4.78 is 17.4. The Balaban J connectivity index is 1.52. The largest absolute Gasteiger partial charge is 0.387 e. The van der Waals surface area contributed by atoms with Gasteiger partial charge in [-0.05, 0) is 55.9 Å². The highest BCUT2D eigenvalue weighted by molar-refractivity contribution is 7.19. The minimum Gasteiger partial charge on any atom is -0.387 e. The Bertz CT molecular complexity index is 1300. The van der Waals surface area contributed by atoms with Crippen LogP contribution in [-0.4, -0.2) is 54.5 Å². The van der Waals surface area contributed by atoms with Crippen LogP contribution in [0.25, 0.3) is 27.1 Å². The molecule has 5 rings (SSSR count). The predicted octanol–water partition coefficient (Wildman–Crippen LogP) is 4.97. The van der Waals surface area contributed by atoms with Gasteiger partial charge in [0.1, 0.15) is 12.5 Å². The fraction of sp³-hybridized carbons (Fsp3) is 0.500. The molecule has 5 heterocycles. The highest BCUT2D eigenvalue weighted by atomic mass is 32.1. The molecule has 1 saturated heterocycles. The summed E-state index contributed by atoms with van der Waals surface area (Å²) in [4.78, 5) is 11.4. The van der Waals surface area contributed by atoms with Crippen LogP contribution in [0.2, 0.25) is 0 Å². The fourth-order valence-corrected chi connectivity index (χ4v) is 6.12. The molecule has 0 bridgehead atoms. The molecule has 1 aliphatic heterocycles. The van der Waals surface area contributed by atoms with Crippen molar-refractivity contribution in [2.45, 2.75) is 65.3 Å². The molecule has 0 aliphatic carbocycles. The molecular weight excluding hydrogens is 425 g/mol. The summed E-state index contributed by atoms with van der Waals surface area (Å²) >= 11 is 1.79. The highest BCUT2D eigenvalue weighted by Gasteiger charge is 2.37. The van der Waals surface area contributed by atoms with Gasteiger partial charge in [-0.2, -0.15) is 5.10 Å². The zero-order valence-corrected chi connectivity index (χ0v) is 20.1. The Kier molecular flexibility index (Phi) is 5.15. The molecule has 1 fully saturated rings. The third-order valence-corrected chi connectivity index (χ3v) is 8.09. The molecule has 0 radical (unpaired) electrons. The molecular formula is C24H30FN5OS. The number of piperidine rings is 1. The maximum Gasteiger partial charge on any atom is 0.158 e. The van der Waals surface area contributed by atoms with Crippen molar-refractivity contribution in [2.75, 3.05) is 13.1 Å². The SMILES string of the molecule is Cc1c(-c2[nH]c3cc(CN4CC[C@@](C)(O)[C@@H](F)C4)sc3c2C(C)C)cn2ncnc2c1C. The molecule has 0 spiro atoms. The zero-order chi connectivity index (χ0) is 22.8. The fourth-order valence-electron chi connectivity index (χ4n) is 4.77. The van der Waals surface area contributed by atoms with E-state index >= 15 is 0 Å². The van der Waals surface area contributed by atoms with Gasteiger partial charge in [-0.25, -0.2) is 13.9 Å². The first-order valence-electron chi connectivity index (χ1n) is 11.2. The third kappa shape index (κ3) is 3.45. The van der Waals surface area contributed by atoms with Gasteiger partial charge in [0.25, 0.3) is 0 Å². The van der Waals surface area contributed by atoms with Crippen LogP contribution < -0.4 is 0 Å². The van der Waals surface area contributed by atoms with Crippen LogP contribution >= 0.6 is 11.3 Å². The van der Waals surface area contributed by atoms with E-state index in [9.17, 15) is 9.50 Å². The van der Waals surface area contributed by atoms with E-state index in [0.29, 0.717) is 25.4 Å². The average Bonchev–Trinajstić information content (AvgIpc) is 3.41. The molecule has 8 heteroatoms. The van der Waals surface area contributed by atoms with Gasteiger partial charge in [0.2, 0.25) is 0 Å². The number of fused-ring (bicyclic) bond motifs is 2. The lowest BCUT2D eigenvalue weighted by atomic mass is 9.92. The second-order valence-electron chi connectivity index (χ2n) is 9.65. The third-order valence-electron chi connectivity index (χ3n) is 6.94. The second-order valence-corrected chi connectivity index (χ2v) is 10.8. The van der Waals surface area contributed by atoms with Crippen molar-refractivity contribution in [3.05, 3.63) is 40.2 Å². The van der Waals surface area contributed by atoms with Gasteiger partial charge in [-0.3, -0.25) is 4.90 Å². The van der Waals surface area contributed by atoms with Crippen molar-refractivity contribution in [1.29, 1.82) is 0 Å². The smallest absolute Gasteiger partial charge is 0.158 e. The standard InChI is InChI=1S/C24H30FN5OS/c1-13(2)20-21(17-10-30-23(26-12-27-30)15(4)14(17)3)28-18-8-16(32-22(18)20)9-29-7-6-24(5,31)19(25)11-29/h8,10,12-13,19,28,31H,6-7,9,11H2,1-5H3/t19-,24+/m0/s1. The summed E-state index contributed by atoms with van der Waals surface area (Å²) in [5, 5.41) is 14.5. The number of nitrogens with zero attached hydrogens (tertiary/aromatic N) is 4. The monoisotopic (exact) mass is 455 g/mol. The molecule has 1 aliphatic rings. The number of nitrogens with one attached hydrogen (secondary N) is 1. The Morgan fingerprint density at radius 3 is 2.84 bits per heavy atom. The van der Waals surface area contributed by atoms with Gasteiger partial charge >= 0.3 is 0 Å². The predicted molar refractivity (Wildman–Crippen MR) is 127 cm³/mol. The van der Waals surface area contributed by atoms with E-state index in [1.807, 2.05) is 4.52 Å². The van der Waals surface area contributed by atoms with Crippen LogP contribution in [0.5, 0.6) is 0 Å². The molecule has 170 valence electrons. The van der Waals surface area contributed by atoms with Gasteiger partial charge < -0.3 is 10.1 Å². The topological polar surface area (TPSA) is 69.5 Å². The number of rotatable bonds is 4. The normalized spacial score (nSPS) is 22.6. The second kappa shape index (κ2) is 7.64. The molecule has 0 aromatic carbocycles. The maximum absolute atomic E-state index is 14.3. The van der Waals surface area contributed by atoms with Crippen molar-refractivity contribution < 1.29 is 9.50 Å². The van der Waals surface area contributed by atoms with Crippen LogP contribution in [-0.2, 0) is 6.54 Å². The lowest BCUT2D eigenvalue weighted by molar-refractivity contribution is -0.0726. The molecule has 4 aromatic rings. The minimum atomic E-state index is -1.21. The number of aromatic nitrogens is 4. The number of pyridine rings is 1. The Labute approximate surface area is 191 Å². The van der Waals surface area contributed by atoms with Gasteiger partial charge in [0.05, 0.1) is 21.5 Å². The molecule has 0 amide bonds. The number of hydrogen-bond acceptors (Lipinski definition) is 5. The summed E-state index contributed by atoms with van der Waals surface area (Å²) in [7, 11) is 0. The lowest BCUT2D eigenvalue weighted by Crippen LogP contribution is -2.51. The quantitative estimate of drug-likeness (QED) is 0.456. The van der Waals surface area contributed by atoms with E-state index in [1.165, 1.54) is 20.7 Å². The number of alkyl halides is 1. The van der Waals surface area contributed by atoms with E-state index in [2.05, 4.69) is 59.9 Å². The summed E-state index contributed by atoms with van der Waals surface area (Å²) in [6, 6.07) is 2.20. The summed E-state index contributed by atoms with van der Waals surface area (Å²) in [6.07, 6.45) is 2.91. The summed E-state index contributed by atoms with van der Waals surface area (Å²) in [5.74, 6) is 0.344. The van der Waals surface area contributed by atoms with Crippen molar-refractivity contribution in [1.82, 2.24) is 24.5 Å². The van der Waals surface area contributed by atoms with Gasteiger partial charge in [-0.1, -0.05) is 13.8 Å². The number of likely N-dealkylation sites (tertiary alicyclic amines) is 1.